The Morgan fingerprint density at radius 2 is 2.05 bits per heavy atom. The van der Waals surface area contributed by atoms with Crippen molar-refractivity contribution in [2.45, 2.75) is 13.0 Å². The Morgan fingerprint density at radius 1 is 1.26 bits per heavy atom. The number of hydrogen-bond donors (Lipinski definition) is 1. The smallest absolute Gasteiger partial charge is 0.323 e. The molecule has 0 bridgehead atoms. The summed E-state index contributed by atoms with van der Waals surface area (Å²) in [5.74, 6) is 0.659. The lowest BCUT2D eigenvalue weighted by Gasteiger charge is -2.32. The predicted octanol–water partition coefficient (Wildman–Crippen LogP) is 2.03. The third-order valence-corrected chi connectivity index (χ3v) is 3.42. The summed E-state index contributed by atoms with van der Waals surface area (Å²) in [6, 6.07) is 7.65. The largest absolute Gasteiger partial charge is 0.327 e. The predicted molar refractivity (Wildman–Crippen MR) is 72.0 cm³/mol. The molecule has 1 N–H and O–H groups in total. The van der Waals surface area contributed by atoms with E-state index in [-0.39, 0.29) is 12.1 Å². The molecule has 5 nitrogen and oxygen atoms in total. The molecule has 0 saturated carbocycles. The topological polar surface area (TPSA) is 58.1 Å². The maximum Gasteiger partial charge on any atom is 0.323 e. The van der Waals surface area contributed by atoms with Crippen LogP contribution in [0.25, 0.3) is 0 Å². The summed E-state index contributed by atoms with van der Waals surface area (Å²) in [7, 11) is 1.70. The Hall–Kier alpha value is -2.43. The second kappa shape index (κ2) is 4.35. The maximum atomic E-state index is 12.0. The van der Waals surface area contributed by atoms with Gasteiger partial charge in [0.05, 0.1) is 6.04 Å². The molecule has 2 amide bonds. The molecule has 3 rings (SSSR count). The first-order valence-corrected chi connectivity index (χ1v) is 6.08. The molecule has 1 atom stereocenters. The van der Waals surface area contributed by atoms with Crippen molar-refractivity contribution in [1.29, 1.82) is 0 Å². The van der Waals surface area contributed by atoms with Gasteiger partial charge in [0.1, 0.15) is 12.1 Å². The molecule has 1 aromatic carbocycles. The van der Waals surface area contributed by atoms with Gasteiger partial charge in [-0.1, -0.05) is 24.3 Å². The van der Waals surface area contributed by atoms with Gasteiger partial charge in [0.15, 0.2) is 0 Å². The van der Waals surface area contributed by atoms with Crippen molar-refractivity contribution in [3.8, 4) is 0 Å². The number of nitrogens with zero attached hydrogens (tertiary/aromatic N) is 3. The molecule has 1 aliphatic rings. The first-order chi connectivity index (χ1) is 9.18. The number of aromatic nitrogens is 2. The second-order valence-electron chi connectivity index (χ2n) is 4.60. The molecular formula is C14H14N4O. The molecule has 1 aromatic heterocycles. The van der Waals surface area contributed by atoms with Crippen LogP contribution in [-0.2, 0) is 0 Å². The highest BCUT2D eigenvalue weighted by molar-refractivity contribution is 5.94. The minimum absolute atomic E-state index is 0.153. The maximum absolute atomic E-state index is 12.0. The number of rotatable bonds is 1. The average molecular weight is 254 g/mol. The number of carbonyl (C=O) groups is 1. The van der Waals surface area contributed by atoms with Crippen LogP contribution in [-0.4, -0.2) is 23.0 Å². The molecular weight excluding hydrogens is 240 g/mol. The molecule has 1 unspecified atom stereocenters. The van der Waals surface area contributed by atoms with Gasteiger partial charge in [-0.05, 0) is 18.1 Å². The van der Waals surface area contributed by atoms with Crippen molar-refractivity contribution in [3.63, 3.8) is 0 Å². The van der Waals surface area contributed by atoms with Crippen LogP contribution in [0.3, 0.4) is 0 Å². The molecule has 0 saturated heterocycles. The van der Waals surface area contributed by atoms with E-state index in [4.69, 9.17) is 0 Å². The zero-order chi connectivity index (χ0) is 13.4. The lowest BCUT2D eigenvalue weighted by atomic mass is 9.95. The summed E-state index contributed by atoms with van der Waals surface area (Å²) in [6.45, 7) is 2.03. The number of hydrogen-bond acceptors (Lipinski definition) is 3. The quantitative estimate of drug-likeness (QED) is 0.847. The number of fused-ring (bicyclic) bond motifs is 1. The lowest BCUT2D eigenvalue weighted by Crippen LogP contribution is -2.45. The van der Waals surface area contributed by atoms with Gasteiger partial charge >= 0.3 is 6.03 Å². The summed E-state index contributed by atoms with van der Waals surface area (Å²) < 4.78 is 0. The van der Waals surface area contributed by atoms with Gasteiger partial charge in [-0.25, -0.2) is 14.8 Å². The number of anilines is 1. The molecule has 0 aliphatic carbocycles. The summed E-state index contributed by atoms with van der Waals surface area (Å²) in [6.07, 6.45) is 3.22. The highest BCUT2D eigenvalue weighted by Crippen LogP contribution is 2.33. The normalized spacial score (nSPS) is 17.9. The fraction of sp³-hybridized carbons (Fsp3) is 0.214. The van der Waals surface area contributed by atoms with Crippen molar-refractivity contribution < 1.29 is 4.79 Å². The van der Waals surface area contributed by atoms with Crippen molar-refractivity contribution in [2.75, 3.05) is 11.9 Å². The van der Waals surface area contributed by atoms with Crippen molar-refractivity contribution in [1.82, 2.24) is 15.3 Å². The van der Waals surface area contributed by atoms with E-state index >= 15 is 0 Å². The van der Waals surface area contributed by atoms with Crippen LogP contribution in [0.1, 0.15) is 22.7 Å². The number of urea groups is 1. The third kappa shape index (κ3) is 1.83. The number of benzene rings is 1. The summed E-state index contributed by atoms with van der Waals surface area (Å²) >= 11 is 0. The van der Waals surface area contributed by atoms with Crippen molar-refractivity contribution in [2.24, 2.45) is 0 Å². The number of aryl methyl sites for hydroxylation is 1. The van der Waals surface area contributed by atoms with Gasteiger partial charge in [-0.2, -0.15) is 0 Å². The van der Waals surface area contributed by atoms with E-state index in [2.05, 4.69) is 15.3 Å². The molecule has 2 heterocycles. The SMILES string of the molecule is Cc1ccccc1C1NC(=O)N(C)c2ncncc21. The summed E-state index contributed by atoms with van der Waals surface area (Å²) in [5, 5.41) is 2.99. The van der Waals surface area contributed by atoms with Crippen molar-refractivity contribution >= 4 is 11.8 Å². The van der Waals surface area contributed by atoms with Crippen LogP contribution in [0, 0.1) is 6.92 Å². The van der Waals surface area contributed by atoms with Crippen LogP contribution in [0.4, 0.5) is 10.6 Å². The Kier molecular flexibility index (Phi) is 2.67. The third-order valence-electron chi connectivity index (χ3n) is 3.42. The summed E-state index contributed by atoms with van der Waals surface area (Å²) in [5.41, 5.74) is 3.12. The van der Waals surface area contributed by atoms with Gasteiger partial charge in [0.2, 0.25) is 0 Å². The second-order valence-corrected chi connectivity index (χ2v) is 4.60. The molecule has 19 heavy (non-hydrogen) atoms. The molecule has 0 fully saturated rings. The van der Waals surface area contributed by atoms with Gasteiger partial charge < -0.3 is 5.32 Å². The van der Waals surface area contributed by atoms with E-state index < -0.39 is 0 Å². The fourth-order valence-electron chi connectivity index (χ4n) is 2.37. The van der Waals surface area contributed by atoms with E-state index in [1.54, 1.807) is 13.2 Å². The number of nitrogens with one attached hydrogen (secondary N) is 1. The highest BCUT2D eigenvalue weighted by Gasteiger charge is 2.31. The van der Waals surface area contributed by atoms with Gasteiger partial charge in [0, 0.05) is 18.8 Å². The van der Waals surface area contributed by atoms with E-state index in [1.807, 2.05) is 31.2 Å². The Morgan fingerprint density at radius 3 is 2.84 bits per heavy atom. The first-order valence-electron chi connectivity index (χ1n) is 6.08. The fourth-order valence-corrected chi connectivity index (χ4v) is 2.37. The Labute approximate surface area is 111 Å². The van der Waals surface area contributed by atoms with E-state index in [1.165, 1.54) is 11.2 Å². The monoisotopic (exact) mass is 254 g/mol. The van der Waals surface area contributed by atoms with Crippen LogP contribution < -0.4 is 10.2 Å². The molecule has 1 aliphatic heterocycles. The zero-order valence-corrected chi connectivity index (χ0v) is 10.8. The minimum Gasteiger partial charge on any atom is -0.327 e. The Bertz CT molecular complexity index is 641. The van der Waals surface area contributed by atoms with Crippen molar-refractivity contribution in [3.05, 3.63) is 53.5 Å². The number of amides is 2. The first kappa shape index (κ1) is 11.6. The van der Waals surface area contributed by atoms with Gasteiger partial charge in [-0.3, -0.25) is 4.90 Å². The van der Waals surface area contributed by atoms with Crippen LogP contribution in [0.2, 0.25) is 0 Å². The highest BCUT2D eigenvalue weighted by atomic mass is 16.2. The van der Waals surface area contributed by atoms with E-state index in [9.17, 15) is 4.79 Å². The molecule has 2 aromatic rings. The molecule has 0 radical (unpaired) electrons. The molecule has 96 valence electrons. The minimum atomic E-state index is -0.193. The summed E-state index contributed by atoms with van der Waals surface area (Å²) in [4.78, 5) is 21.8. The van der Waals surface area contributed by atoms with E-state index in [0.29, 0.717) is 5.82 Å². The van der Waals surface area contributed by atoms with Gasteiger partial charge in [-0.15, -0.1) is 0 Å². The van der Waals surface area contributed by atoms with Gasteiger partial charge in [0.25, 0.3) is 0 Å². The Balaban J connectivity index is 2.16. The standard InChI is InChI=1S/C14H14N4O/c1-9-5-3-4-6-10(9)12-11-7-15-8-16-13(11)18(2)14(19)17-12/h3-8,12H,1-2H3,(H,17,19). The lowest BCUT2D eigenvalue weighted by molar-refractivity contribution is 0.243. The molecule has 5 heteroatoms. The van der Waals surface area contributed by atoms with Crippen LogP contribution in [0.15, 0.2) is 36.8 Å². The molecule has 0 spiro atoms. The van der Waals surface area contributed by atoms with Crippen LogP contribution >= 0.6 is 0 Å². The number of carbonyl (C=O) groups excluding carboxylic acids is 1. The average Bonchev–Trinajstić information content (AvgIpc) is 2.44. The van der Waals surface area contributed by atoms with Crippen LogP contribution in [0.5, 0.6) is 0 Å². The van der Waals surface area contributed by atoms with E-state index in [0.717, 1.165) is 16.7 Å². The zero-order valence-electron chi connectivity index (χ0n) is 10.8.